The van der Waals surface area contributed by atoms with Crippen LogP contribution in [0.4, 0.5) is 0 Å². The lowest BCUT2D eigenvalue weighted by molar-refractivity contribution is -0.121. The average Bonchev–Trinajstić information content (AvgIpc) is 2.55. The van der Waals surface area contributed by atoms with E-state index in [1.807, 2.05) is 0 Å². The number of carbonyl (C=O) groups is 1. The fraction of sp³-hybridized carbons (Fsp3) is 0.923. The number of hydrogen-bond acceptors (Lipinski definition) is 3. The Hall–Kier alpha value is -0.610. The molecule has 0 aliphatic carbocycles. The standard InChI is InChI=1S/C13H26N2O2/c1-12(16)6-7-13(17)14-8-11-15-9-4-2-3-5-10-15/h12,16H,2-11H2,1H3,(H,14,17). The topological polar surface area (TPSA) is 52.6 Å². The second-order valence-electron chi connectivity index (χ2n) is 4.99. The predicted molar refractivity (Wildman–Crippen MR) is 68.8 cm³/mol. The van der Waals surface area contributed by atoms with Gasteiger partial charge in [-0.2, -0.15) is 0 Å². The van der Waals surface area contributed by atoms with Gasteiger partial charge in [-0.3, -0.25) is 4.79 Å². The van der Waals surface area contributed by atoms with Crippen molar-refractivity contribution in [1.29, 1.82) is 0 Å². The van der Waals surface area contributed by atoms with Crippen molar-refractivity contribution < 1.29 is 9.90 Å². The summed E-state index contributed by atoms with van der Waals surface area (Å²) in [6, 6.07) is 0. The third kappa shape index (κ3) is 7.34. The van der Waals surface area contributed by atoms with E-state index in [1.165, 1.54) is 38.8 Å². The van der Waals surface area contributed by atoms with E-state index in [0.29, 0.717) is 12.8 Å². The Balaban J connectivity index is 2.03. The number of amides is 1. The van der Waals surface area contributed by atoms with Crippen molar-refractivity contribution in [1.82, 2.24) is 10.2 Å². The van der Waals surface area contributed by atoms with Crippen molar-refractivity contribution in [3.8, 4) is 0 Å². The summed E-state index contributed by atoms with van der Waals surface area (Å²) in [5.74, 6) is 0.0562. The van der Waals surface area contributed by atoms with Gasteiger partial charge in [0, 0.05) is 19.5 Å². The Morgan fingerprint density at radius 1 is 1.29 bits per heavy atom. The number of rotatable bonds is 6. The zero-order chi connectivity index (χ0) is 12.5. The van der Waals surface area contributed by atoms with Gasteiger partial charge in [0.25, 0.3) is 0 Å². The molecule has 100 valence electrons. The minimum absolute atomic E-state index is 0.0562. The van der Waals surface area contributed by atoms with Crippen molar-refractivity contribution in [2.75, 3.05) is 26.2 Å². The van der Waals surface area contributed by atoms with E-state index < -0.39 is 0 Å². The highest BCUT2D eigenvalue weighted by molar-refractivity contribution is 5.75. The lowest BCUT2D eigenvalue weighted by atomic mass is 10.2. The first kappa shape index (κ1) is 14.5. The number of aliphatic hydroxyl groups is 1. The monoisotopic (exact) mass is 242 g/mol. The molecule has 1 aliphatic heterocycles. The third-order valence-electron chi connectivity index (χ3n) is 3.24. The molecule has 0 spiro atoms. The summed E-state index contributed by atoms with van der Waals surface area (Å²) in [4.78, 5) is 13.8. The number of aliphatic hydroxyl groups excluding tert-OH is 1. The number of carbonyl (C=O) groups excluding carboxylic acids is 1. The molecule has 0 bridgehead atoms. The molecule has 1 amide bonds. The summed E-state index contributed by atoms with van der Waals surface area (Å²) in [5, 5.41) is 12.0. The molecule has 1 aliphatic rings. The Kier molecular flexibility index (Phi) is 7.21. The van der Waals surface area contributed by atoms with Crippen molar-refractivity contribution in [2.24, 2.45) is 0 Å². The first-order chi connectivity index (χ1) is 8.18. The van der Waals surface area contributed by atoms with Gasteiger partial charge in [0.05, 0.1) is 6.10 Å². The maximum atomic E-state index is 11.4. The van der Waals surface area contributed by atoms with Gasteiger partial charge in [-0.05, 0) is 39.3 Å². The molecule has 0 aromatic heterocycles. The average molecular weight is 242 g/mol. The van der Waals surface area contributed by atoms with Crippen LogP contribution in [-0.2, 0) is 4.79 Å². The second-order valence-corrected chi connectivity index (χ2v) is 4.99. The minimum atomic E-state index is -0.383. The Morgan fingerprint density at radius 3 is 2.53 bits per heavy atom. The summed E-state index contributed by atoms with van der Waals surface area (Å²) in [6.45, 7) is 5.75. The number of nitrogens with one attached hydrogen (secondary N) is 1. The maximum absolute atomic E-state index is 11.4. The third-order valence-corrected chi connectivity index (χ3v) is 3.24. The van der Waals surface area contributed by atoms with E-state index in [2.05, 4.69) is 10.2 Å². The van der Waals surface area contributed by atoms with Crippen LogP contribution in [0.2, 0.25) is 0 Å². The van der Waals surface area contributed by atoms with Crippen LogP contribution in [0.5, 0.6) is 0 Å². The largest absolute Gasteiger partial charge is 0.393 e. The first-order valence-electron chi connectivity index (χ1n) is 6.85. The molecule has 0 aromatic carbocycles. The Labute approximate surface area is 104 Å². The summed E-state index contributed by atoms with van der Waals surface area (Å²) in [6.07, 6.45) is 5.86. The Bertz CT molecular complexity index is 211. The molecule has 1 rings (SSSR count). The van der Waals surface area contributed by atoms with Gasteiger partial charge in [0.1, 0.15) is 0 Å². The smallest absolute Gasteiger partial charge is 0.220 e. The van der Waals surface area contributed by atoms with Crippen LogP contribution in [0.15, 0.2) is 0 Å². The van der Waals surface area contributed by atoms with Gasteiger partial charge in [0.15, 0.2) is 0 Å². The van der Waals surface area contributed by atoms with Crippen molar-refractivity contribution in [3.63, 3.8) is 0 Å². The van der Waals surface area contributed by atoms with Gasteiger partial charge >= 0.3 is 0 Å². The van der Waals surface area contributed by atoms with Gasteiger partial charge in [-0.15, -0.1) is 0 Å². The van der Waals surface area contributed by atoms with Crippen LogP contribution in [0.1, 0.15) is 45.4 Å². The van der Waals surface area contributed by atoms with Gasteiger partial charge < -0.3 is 15.3 Å². The highest BCUT2D eigenvalue weighted by Gasteiger charge is 2.09. The second kappa shape index (κ2) is 8.48. The van der Waals surface area contributed by atoms with Crippen LogP contribution >= 0.6 is 0 Å². The Morgan fingerprint density at radius 2 is 1.94 bits per heavy atom. The molecule has 1 saturated heterocycles. The first-order valence-corrected chi connectivity index (χ1v) is 6.85. The highest BCUT2D eigenvalue weighted by Crippen LogP contribution is 2.08. The molecule has 1 atom stereocenters. The molecule has 4 heteroatoms. The zero-order valence-corrected chi connectivity index (χ0v) is 11.0. The molecule has 17 heavy (non-hydrogen) atoms. The fourth-order valence-corrected chi connectivity index (χ4v) is 2.14. The summed E-state index contributed by atoms with van der Waals surface area (Å²) >= 11 is 0. The quantitative estimate of drug-likeness (QED) is 0.734. The molecular weight excluding hydrogens is 216 g/mol. The van der Waals surface area contributed by atoms with Gasteiger partial charge in [-0.1, -0.05) is 12.8 Å². The molecule has 0 saturated carbocycles. The van der Waals surface area contributed by atoms with E-state index in [0.717, 1.165) is 13.1 Å². The normalized spacial score (nSPS) is 19.6. The van der Waals surface area contributed by atoms with Crippen LogP contribution < -0.4 is 5.32 Å². The molecular formula is C13H26N2O2. The molecule has 1 fully saturated rings. The van der Waals surface area contributed by atoms with E-state index in [1.54, 1.807) is 6.92 Å². The fourth-order valence-electron chi connectivity index (χ4n) is 2.14. The van der Waals surface area contributed by atoms with Crippen molar-refractivity contribution in [2.45, 2.75) is 51.6 Å². The van der Waals surface area contributed by atoms with Crippen molar-refractivity contribution >= 4 is 5.91 Å². The van der Waals surface area contributed by atoms with Crippen LogP contribution in [-0.4, -0.2) is 48.2 Å². The van der Waals surface area contributed by atoms with Crippen LogP contribution in [0.3, 0.4) is 0 Å². The molecule has 2 N–H and O–H groups in total. The summed E-state index contributed by atoms with van der Waals surface area (Å²) in [7, 11) is 0. The zero-order valence-electron chi connectivity index (χ0n) is 11.0. The molecule has 1 heterocycles. The number of likely N-dealkylation sites (tertiary alicyclic amines) is 1. The SMILES string of the molecule is CC(O)CCC(=O)NCCN1CCCCCC1. The summed E-state index contributed by atoms with van der Waals surface area (Å²) in [5.41, 5.74) is 0. The van der Waals surface area contributed by atoms with Crippen molar-refractivity contribution in [3.05, 3.63) is 0 Å². The van der Waals surface area contributed by atoms with Crippen LogP contribution in [0, 0.1) is 0 Å². The molecule has 0 aromatic rings. The number of nitrogens with zero attached hydrogens (tertiary/aromatic N) is 1. The number of hydrogen-bond donors (Lipinski definition) is 2. The lowest BCUT2D eigenvalue weighted by Gasteiger charge is -2.19. The van der Waals surface area contributed by atoms with Gasteiger partial charge in [0.2, 0.25) is 5.91 Å². The maximum Gasteiger partial charge on any atom is 0.220 e. The molecule has 1 unspecified atom stereocenters. The van der Waals surface area contributed by atoms with Gasteiger partial charge in [-0.25, -0.2) is 0 Å². The lowest BCUT2D eigenvalue weighted by Crippen LogP contribution is -2.35. The van der Waals surface area contributed by atoms with E-state index in [9.17, 15) is 4.79 Å². The predicted octanol–water partition coefficient (Wildman–Crippen LogP) is 1.14. The van der Waals surface area contributed by atoms with E-state index >= 15 is 0 Å². The van der Waals surface area contributed by atoms with Crippen LogP contribution in [0.25, 0.3) is 0 Å². The summed E-state index contributed by atoms with van der Waals surface area (Å²) < 4.78 is 0. The van der Waals surface area contributed by atoms with E-state index in [-0.39, 0.29) is 12.0 Å². The minimum Gasteiger partial charge on any atom is -0.393 e. The molecule has 4 nitrogen and oxygen atoms in total. The van der Waals surface area contributed by atoms with E-state index in [4.69, 9.17) is 5.11 Å². The highest BCUT2D eigenvalue weighted by atomic mass is 16.3. The molecule has 0 radical (unpaired) electrons.